The highest BCUT2D eigenvalue weighted by Gasteiger charge is 2.08. The number of aryl methyl sites for hydroxylation is 2. The Morgan fingerprint density at radius 2 is 2.25 bits per heavy atom. The number of carbonyl (C=O) groups is 1. The second-order valence-corrected chi connectivity index (χ2v) is 4.45. The van der Waals surface area contributed by atoms with Gasteiger partial charge in [-0.25, -0.2) is 0 Å². The third-order valence-corrected chi connectivity index (χ3v) is 2.74. The maximum atomic E-state index is 11.7. The molecule has 0 spiro atoms. The van der Waals surface area contributed by atoms with Crippen molar-refractivity contribution in [3.05, 3.63) is 41.8 Å². The van der Waals surface area contributed by atoms with Crippen LogP contribution in [0.15, 0.2) is 28.9 Å². The lowest BCUT2D eigenvalue weighted by Gasteiger charge is -2.03. The van der Waals surface area contributed by atoms with E-state index in [-0.39, 0.29) is 5.91 Å². The van der Waals surface area contributed by atoms with Crippen LogP contribution >= 0.6 is 0 Å². The molecule has 0 radical (unpaired) electrons. The minimum Gasteiger partial charge on any atom is -0.350 e. The Balaban J connectivity index is 1.71. The highest BCUT2D eigenvalue weighted by molar-refractivity contribution is 5.75. The summed E-state index contributed by atoms with van der Waals surface area (Å²) in [7, 11) is 0. The van der Waals surface area contributed by atoms with Gasteiger partial charge < -0.3 is 9.84 Å². The number of carbonyl (C=O) groups excluding carboxylic acids is 1. The van der Waals surface area contributed by atoms with Crippen LogP contribution in [0.5, 0.6) is 0 Å². The first kappa shape index (κ1) is 14.2. The van der Waals surface area contributed by atoms with Crippen molar-refractivity contribution in [2.45, 2.75) is 39.2 Å². The predicted octanol–water partition coefficient (Wildman–Crippen LogP) is 1.67. The first-order valence-electron chi connectivity index (χ1n) is 6.76. The molecular weight excluding hydrogens is 256 g/mol. The fourth-order valence-corrected chi connectivity index (χ4v) is 1.72. The van der Waals surface area contributed by atoms with Crippen molar-refractivity contribution in [3.63, 3.8) is 0 Å². The van der Waals surface area contributed by atoms with Crippen molar-refractivity contribution in [1.82, 2.24) is 20.4 Å². The van der Waals surface area contributed by atoms with Crippen LogP contribution in [0, 0.1) is 0 Å². The standard InChI is InChI=1S/C14H18N4O2/c1-2-5-12-17-14(20-18-12)8-7-13(19)16-10-11-6-3-4-9-15-11/h3-4,6,9H,2,5,7-8,10H2,1H3,(H,16,19). The van der Waals surface area contributed by atoms with Crippen LogP contribution in [0.2, 0.25) is 0 Å². The van der Waals surface area contributed by atoms with Crippen molar-refractivity contribution >= 4 is 5.91 Å². The number of nitrogens with one attached hydrogen (secondary N) is 1. The third-order valence-electron chi connectivity index (χ3n) is 2.74. The first-order valence-corrected chi connectivity index (χ1v) is 6.76. The summed E-state index contributed by atoms with van der Waals surface area (Å²) in [6.07, 6.45) is 4.28. The number of aromatic nitrogens is 3. The molecule has 2 heterocycles. The fraction of sp³-hybridized carbons (Fsp3) is 0.429. The molecule has 0 saturated carbocycles. The normalized spacial score (nSPS) is 10.4. The number of hydrogen-bond acceptors (Lipinski definition) is 5. The summed E-state index contributed by atoms with van der Waals surface area (Å²) in [6.45, 7) is 2.49. The molecule has 6 heteroatoms. The van der Waals surface area contributed by atoms with Crippen LogP contribution < -0.4 is 5.32 Å². The summed E-state index contributed by atoms with van der Waals surface area (Å²) in [6, 6.07) is 5.60. The van der Waals surface area contributed by atoms with E-state index in [2.05, 4.69) is 27.4 Å². The molecule has 0 bridgehead atoms. The average Bonchev–Trinajstić information content (AvgIpc) is 2.92. The number of nitrogens with zero attached hydrogens (tertiary/aromatic N) is 3. The van der Waals surface area contributed by atoms with E-state index in [1.807, 2.05) is 18.2 Å². The van der Waals surface area contributed by atoms with Crippen LogP contribution in [0.1, 0.15) is 37.2 Å². The zero-order valence-electron chi connectivity index (χ0n) is 11.5. The minimum absolute atomic E-state index is 0.0501. The molecule has 2 rings (SSSR count). The van der Waals surface area contributed by atoms with Gasteiger partial charge in [0.05, 0.1) is 12.2 Å². The Labute approximate surface area is 117 Å². The fourth-order valence-electron chi connectivity index (χ4n) is 1.72. The summed E-state index contributed by atoms with van der Waals surface area (Å²) in [5.74, 6) is 1.17. The maximum Gasteiger partial charge on any atom is 0.227 e. The molecule has 0 fully saturated rings. The number of hydrogen-bond donors (Lipinski definition) is 1. The molecule has 2 aromatic heterocycles. The molecule has 1 amide bonds. The molecule has 0 aliphatic carbocycles. The van der Waals surface area contributed by atoms with Crippen molar-refractivity contribution in [3.8, 4) is 0 Å². The summed E-state index contributed by atoms with van der Waals surface area (Å²) in [5, 5.41) is 6.66. The Hall–Kier alpha value is -2.24. The Bertz CT molecular complexity index is 539. The van der Waals surface area contributed by atoms with Crippen LogP contribution in [-0.2, 0) is 24.2 Å². The molecule has 20 heavy (non-hydrogen) atoms. The summed E-state index contributed by atoms with van der Waals surface area (Å²) in [5.41, 5.74) is 0.837. The van der Waals surface area contributed by atoms with E-state index in [1.165, 1.54) is 0 Å². The van der Waals surface area contributed by atoms with E-state index >= 15 is 0 Å². The van der Waals surface area contributed by atoms with E-state index in [1.54, 1.807) is 6.20 Å². The monoisotopic (exact) mass is 274 g/mol. The minimum atomic E-state index is -0.0501. The molecule has 0 aliphatic rings. The van der Waals surface area contributed by atoms with Gasteiger partial charge in [-0.2, -0.15) is 4.98 Å². The van der Waals surface area contributed by atoms with Gasteiger partial charge in [0.15, 0.2) is 5.82 Å². The zero-order chi connectivity index (χ0) is 14.2. The smallest absolute Gasteiger partial charge is 0.227 e. The first-order chi connectivity index (χ1) is 9.78. The van der Waals surface area contributed by atoms with Crippen LogP contribution in [-0.4, -0.2) is 21.0 Å². The molecule has 0 aliphatic heterocycles. The van der Waals surface area contributed by atoms with Gasteiger partial charge in [0, 0.05) is 25.5 Å². The molecule has 2 aromatic rings. The highest BCUT2D eigenvalue weighted by Crippen LogP contribution is 2.03. The second-order valence-electron chi connectivity index (χ2n) is 4.45. The summed E-state index contributed by atoms with van der Waals surface area (Å²) < 4.78 is 5.08. The van der Waals surface area contributed by atoms with Gasteiger partial charge in [-0.1, -0.05) is 18.1 Å². The topological polar surface area (TPSA) is 80.9 Å². The summed E-state index contributed by atoms with van der Waals surface area (Å²) in [4.78, 5) is 20.1. The van der Waals surface area contributed by atoms with E-state index in [4.69, 9.17) is 4.52 Å². The zero-order valence-corrected chi connectivity index (χ0v) is 11.5. The molecule has 0 aromatic carbocycles. The number of rotatable bonds is 7. The lowest BCUT2D eigenvalue weighted by atomic mass is 10.3. The van der Waals surface area contributed by atoms with Crippen LogP contribution in [0.4, 0.5) is 0 Å². The van der Waals surface area contributed by atoms with Crippen LogP contribution in [0.25, 0.3) is 0 Å². The van der Waals surface area contributed by atoms with E-state index < -0.39 is 0 Å². The van der Waals surface area contributed by atoms with Gasteiger partial charge in [-0.05, 0) is 18.6 Å². The largest absolute Gasteiger partial charge is 0.350 e. The van der Waals surface area contributed by atoms with Crippen molar-refractivity contribution < 1.29 is 9.32 Å². The van der Waals surface area contributed by atoms with Crippen LogP contribution in [0.3, 0.4) is 0 Å². The van der Waals surface area contributed by atoms with Gasteiger partial charge in [0.1, 0.15) is 0 Å². The Morgan fingerprint density at radius 3 is 3.00 bits per heavy atom. The molecule has 0 saturated heterocycles. The van der Waals surface area contributed by atoms with Crippen molar-refractivity contribution in [2.24, 2.45) is 0 Å². The van der Waals surface area contributed by atoms with Crippen molar-refractivity contribution in [1.29, 1.82) is 0 Å². The lowest BCUT2D eigenvalue weighted by Crippen LogP contribution is -2.23. The van der Waals surface area contributed by atoms with E-state index in [0.717, 1.165) is 18.5 Å². The van der Waals surface area contributed by atoms with Gasteiger partial charge in [-0.15, -0.1) is 0 Å². The lowest BCUT2D eigenvalue weighted by molar-refractivity contribution is -0.121. The molecule has 1 N–H and O–H groups in total. The summed E-state index contributed by atoms with van der Waals surface area (Å²) >= 11 is 0. The highest BCUT2D eigenvalue weighted by atomic mass is 16.5. The molecule has 6 nitrogen and oxygen atoms in total. The Kier molecular flexibility index (Phi) is 5.23. The van der Waals surface area contributed by atoms with Gasteiger partial charge in [0.25, 0.3) is 0 Å². The van der Waals surface area contributed by atoms with E-state index in [9.17, 15) is 4.79 Å². The molecule has 0 atom stereocenters. The van der Waals surface area contributed by atoms with E-state index in [0.29, 0.717) is 31.1 Å². The number of pyridine rings is 1. The maximum absolute atomic E-state index is 11.7. The predicted molar refractivity (Wildman–Crippen MR) is 72.7 cm³/mol. The molecular formula is C14H18N4O2. The number of amides is 1. The molecule has 0 unspecified atom stereocenters. The van der Waals surface area contributed by atoms with Gasteiger partial charge in [0.2, 0.25) is 11.8 Å². The third kappa shape index (κ3) is 4.46. The van der Waals surface area contributed by atoms with Gasteiger partial charge in [-0.3, -0.25) is 9.78 Å². The van der Waals surface area contributed by atoms with Gasteiger partial charge >= 0.3 is 0 Å². The van der Waals surface area contributed by atoms with Crippen molar-refractivity contribution in [2.75, 3.05) is 0 Å². The quantitative estimate of drug-likeness (QED) is 0.830. The molecule has 106 valence electrons. The second kappa shape index (κ2) is 7.37. The average molecular weight is 274 g/mol. The SMILES string of the molecule is CCCc1noc(CCC(=O)NCc2ccccn2)n1. The Morgan fingerprint density at radius 1 is 1.35 bits per heavy atom.